The van der Waals surface area contributed by atoms with Gasteiger partial charge < -0.3 is 10.1 Å². The first-order valence-corrected chi connectivity index (χ1v) is 11.9. The number of ether oxygens (including phenoxy) is 1. The summed E-state index contributed by atoms with van der Waals surface area (Å²) >= 11 is 1.46. The van der Waals surface area contributed by atoms with E-state index in [0.29, 0.717) is 6.04 Å². The van der Waals surface area contributed by atoms with Gasteiger partial charge in [0, 0.05) is 37.2 Å². The van der Waals surface area contributed by atoms with Gasteiger partial charge in [0.25, 0.3) is 0 Å². The van der Waals surface area contributed by atoms with Gasteiger partial charge in [-0.2, -0.15) is 9.47 Å². The van der Waals surface area contributed by atoms with Gasteiger partial charge in [0.15, 0.2) is 11.5 Å². The first-order valence-electron chi connectivity index (χ1n) is 11.1. The number of imidazole rings is 1. The third kappa shape index (κ3) is 4.38. The standard InChI is InChI=1S/C22H28N8OS/c1-3-31-14-18-6-4-5-7-29(18)13-17-8-20(32-28-17)27-21-22-23-11-19(16-9-24-25-10-16)30(22)12-15(2)26-21/h8-12,18H,3-7,13-14H2,1-2H3,(H,24,25)(H,26,27). The van der Waals surface area contributed by atoms with Gasteiger partial charge in [-0.1, -0.05) is 6.42 Å². The zero-order chi connectivity index (χ0) is 21.9. The summed E-state index contributed by atoms with van der Waals surface area (Å²) in [4.78, 5) is 11.8. The van der Waals surface area contributed by atoms with Crippen molar-refractivity contribution in [2.75, 3.05) is 25.1 Å². The highest BCUT2D eigenvalue weighted by molar-refractivity contribution is 7.10. The Hall–Kier alpha value is -2.82. The summed E-state index contributed by atoms with van der Waals surface area (Å²) < 4.78 is 12.5. The van der Waals surface area contributed by atoms with Crippen LogP contribution in [0.25, 0.3) is 16.9 Å². The van der Waals surface area contributed by atoms with Gasteiger partial charge in [-0.05, 0) is 50.8 Å². The van der Waals surface area contributed by atoms with Crippen molar-refractivity contribution in [1.82, 2.24) is 33.8 Å². The van der Waals surface area contributed by atoms with Crippen molar-refractivity contribution in [3.05, 3.63) is 42.2 Å². The molecule has 1 fully saturated rings. The summed E-state index contributed by atoms with van der Waals surface area (Å²) in [6, 6.07) is 2.60. The molecule has 0 bridgehead atoms. The minimum absolute atomic E-state index is 0.478. The van der Waals surface area contributed by atoms with Crippen molar-refractivity contribution < 1.29 is 4.74 Å². The van der Waals surface area contributed by atoms with E-state index in [2.05, 4.69) is 38.4 Å². The number of likely N-dealkylation sites (tertiary alicyclic amines) is 1. The first kappa shape index (κ1) is 21.0. The molecule has 0 amide bonds. The lowest BCUT2D eigenvalue weighted by atomic mass is 10.0. The van der Waals surface area contributed by atoms with E-state index in [0.717, 1.165) is 65.4 Å². The van der Waals surface area contributed by atoms with E-state index in [1.54, 1.807) is 6.20 Å². The second-order valence-corrected chi connectivity index (χ2v) is 8.95. The van der Waals surface area contributed by atoms with E-state index in [1.807, 2.05) is 29.9 Å². The molecule has 0 spiro atoms. The van der Waals surface area contributed by atoms with E-state index in [4.69, 9.17) is 14.1 Å². The van der Waals surface area contributed by atoms with Crippen LogP contribution in [0.1, 0.15) is 37.6 Å². The lowest BCUT2D eigenvalue weighted by Crippen LogP contribution is -2.41. The van der Waals surface area contributed by atoms with E-state index in [-0.39, 0.29) is 0 Å². The van der Waals surface area contributed by atoms with Crippen LogP contribution in [0.15, 0.2) is 30.9 Å². The van der Waals surface area contributed by atoms with Crippen LogP contribution in [-0.2, 0) is 11.3 Å². The first-order chi connectivity index (χ1) is 15.7. The van der Waals surface area contributed by atoms with Gasteiger partial charge in [-0.25, -0.2) is 9.97 Å². The van der Waals surface area contributed by atoms with Crippen LogP contribution < -0.4 is 5.32 Å². The Labute approximate surface area is 191 Å². The summed E-state index contributed by atoms with van der Waals surface area (Å²) in [5, 5.41) is 11.3. The van der Waals surface area contributed by atoms with E-state index in [9.17, 15) is 0 Å². The number of fused-ring (bicyclic) bond motifs is 1. The van der Waals surface area contributed by atoms with Gasteiger partial charge >= 0.3 is 0 Å². The number of piperidine rings is 1. The highest BCUT2D eigenvalue weighted by Crippen LogP contribution is 2.28. The van der Waals surface area contributed by atoms with Crippen molar-refractivity contribution in [2.45, 2.75) is 45.7 Å². The molecule has 1 saturated heterocycles. The molecule has 5 heterocycles. The third-order valence-corrected chi connectivity index (χ3v) is 6.58. The minimum Gasteiger partial charge on any atom is -0.380 e. The summed E-state index contributed by atoms with van der Waals surface area (Å²) in [6.45, 7) is 7.55. The normalized spacial score (nSPS) is 17.2. The molecule has 2 N–H and O–H groups in total. The Kier molecular flexibility index (Phi) is 6.15. The van der Waals surface area contributed by atoms with Crippen LogP contribution in [0.5, 0.6) is 0 Å². The number of aryl methyl sites for hydroxylation is 1. The number of nitrogens with zero attached hydrogens (tertiary/aromatic N) is 6. The van der Waals surface area contributed by atoms with Crippen LogP contribution in [0, 0.1) is 6.92 Å². The molecule has 1 atom stereocenters. The quantitative estimate of drug-likeness (QED) is 0.417. The number of H-pyrrole nitrogens is 1. The molecule has 4 aromatic heterocycles. The fourth-order valence-electron chi connectivity index (χ4n) is 4.28. The molecule has 0 saturated carbocycles. The largest absolute Gasteiger partial charge is 0.380 e. The smallest absolute Gasteiger partial charge is 0.180 e. The number of nitrogens with one attached hydrogen (secondary N) is 2. The number of rotatable bonds is 8. The molecular formula is C22H28N8OS. The number of hydrogen-bond donors (Lipinski definition) is 2. The van der Waals surface area contributed by atoms with Gasteiger partial charge in [-0.15, -0.1) is 0 Å². The number of aromatic nitrogens is 6. The molecular weight excluding hydrogens is 424 g/mol. The van der Waals surface area contributed by atoms with E-state index in [1.165, 1.54) is 30.8 Å². The topological polar surface area (TPSA) is 96.3 Å². The lowest BCUT2D eigenvalue weighted by Gasteiger charge is -2.34. The van der Waals surface area contributed by atoms with E-state index >= 15 is 0 Å². The molecule has 9 nitrogen and oxygen atoms in total. The number of aromatic amines is 1. The maximum absolute atomic E-state index is 5.71. The van der Waals surface area contributed by atoms with Crippen LogP contribution >= 0.6 is 11.5 Å². The maximum atomic E-state index is 5.71. The van der Waals surface area contributed by atoms with Gasteiger partial charge in [0.05, 0.1) is 36.1 Å². The molecule has 5 rings (SSSR count). The van der Waals surface area contributed by atoms with Crippen molar-refractivity contribution in [1.29, 1.82) is 0 Å². The van der Waals surface area contributed by atoms with Gasteiger partial charge in [0.1, 0.15) is 5.00 Å². The second kappa shape index (κ2) is 9.35. The second-order valence-electron chi connectivity index (χ2n) is 8.14. The monoisotopic (exact) mass is 452 g/mol. The SMILES string of the molecule is CCOCC1CCCCN1Cc1cc(Nc2nc(C)cn3c(-c4cn[nH]c4)cnc23)sn1. The van der Waals surface area contributed by atoms with Crippen molar-refractivity contribution in [2.24, 2.45) is 0 Å². The molecule has 168 valence electrons. The number of hydrogen-bond acceptors (Lipinski definition) is 8. The fraction of sp³-hybridized carbons (Fsp3) is 0.455. The average molecular weight is 453 g/mol. The Balaban J connectivity index is 1.34. The molecule has 0 aromatic carbocycles. The molecule has 1 unspecified atom stereocenters. The zero-order valence-corrected chi connectivity index (χ0v) is 19.2. The van der Waals surface area contributed by atoms with Gasteiger partial charge in [-0.3, -0.25) is 14.4 Å². The Morgan fingerprint density at radius 1 is 1.31 bits per heavy atom. The Morgan fingerprint density at radius 2 is 2.25 bits per heavy atom. The van der Waals surface area contributed by atoms with Crippen LogP contribution in [-0.4, -0.2) is 59.6 Å². The van der Waals surface area contributed by atoms with Gasteiger partial charge in [0.2, 0.25) is 0 Å². The molecule has 10 heteroatoms. The predicted molar refractivity (Wildman–Crippen MR) is 125 cm³/mol. The predicted octanol–water partition coefficient (Wildman–Crippen LogP) is 4.02. The van der Waals surface area contributed by atoms with Crippen molar-refractivity contribution >= 4 is 28.0 Å². The minimum atomic E-state index is 0.478. The van der Waals surface area contributed by atoms with Crippen LogP contribution in [0.4, 0.5) is 10.8 Å². The summed E-state index contributed by atoms with van der Waals surface area (Å²) in [5.74, 6) is 0.724. The molecule has 1 aliphatic rings. The Bertz CT molecular complexity index is 1170. The highest BCUT2D eigenvalue weighted by Gasteiger charge is 2.23. The molecule has 32 heavy (non-hydrogen) atoms. The molecule has 4 aromatic rings. The van der Waals surface area contributed by atoms with E-state index < -0.39 is 0 Å². The highest BCUT2D eigenvalue weighted by atomic mass is 32.1. The third-order valence-electron chi connectivity index (χ3n) is 5.84. The summed E-state index contributed by atoms with van der Waals surface area (Å²) in [6.07, 6.45) is 11.2. The van der Waals surface area contributed by atoms with Crippen molar-refractivity contribution in [3.8, 4) is 11.3 Å². The number of anilines is 2. The van der Waals surface area contributed by atoms with Crippen LogP contribution in [0.3, 0.4) is 0 Å². The molecule has 0 radical (unpaired) electrons. The molecule has 1 aliphatic heterocycles. The Morgan fingerprint density at radius 3 is 3.09 bits per heavy atom. The summed E-state index contributed by atoms with van der Waals surface area (Å²) in [5.41, 5.74) is 4.70. The maximum Gasteiger partial charge on any atom is 0.180 e. The lowest BCUT2D eigenvalue weighted by molar-refractivity contribution is 0.0409. The average Bonchev–Trinajstić information content (AvgIpc) is 3.54. The zero-order valence-electron chi connectivity index (χ0n) is 18.4. The fourth-order valence-corrected chi connectivity index (χ4v) is 4.94. The summed E-state index contributed by atoms with van der Waals surface area (Å²) in [7, 11) is 0. The van der Waals surface area contributed by atoms with Crippen LogP contribution in [0.2, 0.25) is 0 Å². The molecule has 0 aliphatic carbocycles. The van der Waals surface area contributed by atoms with Crippen molar-refractivity contribution in [3.63, 3.8) is 0 Å².